The third-order valence-electron chi connectivity index (χ3n) is 6.44. The molecule has 6 nitrogen and oxygen atoms in total. The fraction of sp³-hybridized carbons (Fsp3) is 0.250. The summed E-state index contributed by atoms with van der Waals surface area (Å²) in [4.78, 5) is 29.3. The van der Waals surface area contributed by atoms with Crippen molar-refractivity contribution in [3.05, 3.63) is 77.7 Å². The highest BCUT2D eigenvalue weighted by Gasteiger charge is 2.24. The van der Waals surface area contributed by atoms with E-state index in [-0.39, 0.29) is 5.91 Å². The number of fused-ring (bicyclic) bond motifs is 2. The van der Waals surface area contributed by atoms with E-state index < -0.39 is 0 Å². The van der Waals surface area contributed by atoms with Gasteiger partial charge in [-0.15, -0.1) is 11.3 Å². The summed E-state index contributed by atoms with van der Waals surface area (Å²) in [5.74, 6) is -0.0348. The van der Waals surface area contributed by atoms with Crippen molar-refractivity contribution in [2.24, 2.45) is 0 Å². The van der Waals surface area contributed by atoms with Crippen molar-refractivity contribution < 1.29 is 9.53 Å². The Bertz CT molecular complexity index is 1460. The van der Waals surface area contributed by atoms with Crippen LogP contribution in [0.5, 0.6) is 0 Å². The number of pyridine rings is 1. The molecule has 0 N–H and O–H groups in total. The molecule has 36 heavy (non-hydrogen) atoms. The van der Waals surface area contributed by atoms with E-state index in [4.69, 9.17) is 14.7 Å². The number of ether oxygens (including phenoxy) is 1. The molecule has 4 heterocycles. The number of rotatable bonds is 7. The Kier molecular flexibility index (Phi) is 6.74. The van der Waals surface area contributed by atoms with Gasteiger partial charge in [0.1, 0.15) is 0 Å². The molecule has 0 bridgehead atoms. The summed E-state index contributed by atoms with van der Waals surface area (Å²) in [7, 11) is 0. The number of hydrogen-bond acceptors (Lipinski definition) is 7. The highest BCUT2D eigenvalue weighted by Crippen LogP contribution is 2.33. The van der Waals surface area contributed by atoms with E-state index in [1.54, 1.807) is 22.7 Å². The maximum absolute atomic E-state index is 14.3. The maximum atomic E-state index is 14.3. The van der Waals surface area contributed by atoms with Crippen LogP contribution in [-0.2, 0) is 4.74 Å². The number of thiazole rings is 1. The molecular weight excluding hydrogens is 488 g/mol. The minimum Gasteiger partial charge on any atom is -0.379 e. The standard InChI is InChI=1S/C28H26N4O2S2/c33-27(21-19-24(25-11-5-18-35-25)29-22-8-2-1-7-20(21)22)32(13-6-12-31-14-16-34-17-15-31)28-30-23-9-3-4-10-26(23)36-28/h1-5,7-11,18-19H,6,12-17H2. The van der Waals surface area contributed by atoms with Crippen LogP contribution in [0.1, 0.15) is 16.8 Å². The first-order chi connectivity index (χ1) is 17.8. The van der Waals surface area contributed by atoms with Gasteiger partial charge in [-0.3, -0.25) is 14.6 Å². The first kappa shape index (κ1) is 23.2. The Morgan fingerprint density at radius 2 is 1.78 bits per heavy atom. The molecule has 1 fully saturated rings. The molecule has 182 valence electrons. The Morgan fingerprint density at radius 3 is 2.58 bits per heavy atom. The molecule has 1 amide bonds. The van der Waals surface area contributed by atoms with E-state index in [0.29, 0.717) is 12.1 Å². The van der Waals surface area contributed by atoms with Crippen molar-refractivity contribution in [1.82, 2.24) is 14.9 Å². The van der Waals surface area contributed by atoms with Crippen molar-refractivity contribution in [3.63, 3.8) is 0 Å². The van der Waals surface area contributed by atoms with Crippen LogP contribution in [0, 0.1) is 0 Å². The van der Waals surface area contributed by atoms with Gasteiger partial charge in [0.15, 0.2) is 5.13 Å². The molecule has 0 unspecified atom stereocenters. The monoisotopic (exact) mass is 514 g/mol. The van der Waals surface area contributed by atoms with Crippen LogP contribution < -0.4 is 4.90 Å². The molecule has 0 spiro atoms. The molecule has 0 aliphatic carbocycles. The van der Waals surface area contributed by atoms with Crippen LogP contribution in [0.4, 0.5) is 5.13 Å². The summed E-state index contributed by atoms with van der Waals surface area (Å²) in [6, 6.07) is 22.0. The fourth-order valence-corrected chi connectivity index (χ4v) is 6.26. The van der Waals surface area contributed by atoms with Gasteiger partial charge in [0.05, 0.1) is 45.1 Å². The largest absolute Gasteiger partial charge is 0.379 e. The van der Waals surface area contributed by atoms with Crippen LogP contribution >= 0.6 is 22.7 Å². The normalized spacial score (nSPS) is 14.4. The number of morpholine rings is 1. The molecule has 5 aromatic rings. The second kappa shape index (κ2) is 10.4. The lowest BCUT2D eigenvalue weighted by Gasteiger charge is -2.28. The van der Waals surface area contributed by atoms with E-state index in [0.717, 1.165) is 76.1 Å². The van der Waals surface area contributed by atoms with Gasteiger partial charge in [-0.25, -0.2) is 9.97 Å². The third-order valence-corrected chi connectivity index (χ3v) is 8.39. The molecule has 2 aromatic carbocycles. The molecule has 1 saturated heterocycles. The number of benzene rings is 2. The summed E-state index contributed by atoms with van der Waals surface area (Å²) in [6.45, 7) is 4.95. The number of anilines is 1. The zero-order chi connectivity index (χ0) is 24.3. The van der Waals surface area contributed by atoms with Gasteiger partial charge in [0.25, 0.3) is 5.91 Å². The summed E-state index contributed by atoms with van der Waals surface area (Å²) in [5, 5.41) is 3.64. The van der Waals surface area contributed by atoms with Crippen LogP contribution in [-0.4, -0.2) is 60.2 Å². The number of thiophene rings is 1. The van der Waals surface area contributed by atoms with Gasteiger partial charge in [-0.05, 0) is 42.1 Å². The van der Waals surface area contributed by atoms with E-state index in [9.17, 15) is 4.79 Å². The van der Waals surface area contributed by atoms with Crippen LogP contribution in [0.3, 0.4) is 0 Å². The number of amides is 1. The second-order valence-corrected chi connectivity index (χ2v) is 10.7. The van der Waals surface area contributed by atoms with Gasteiger partial charge in [-0.1, -0.05) is 47.7 Å². The lowest BCUT2D eigenvalue weighted by Crippen LogP contribution is -2.39. The third kappa shape index (κ3) is 4.77. The average Bonchev–Trinajstić information content (AvgIpc) is 3.61. The van der Waals surface area contributed by atoms with E-state index >= 15 is 0 Å². The molecule has 0 radical (unpaired) electrons. The highest BCUT2D eigenvalue weighted by atomic mass is 32.1. The molecule has 3 aromatic heterocycles. The second-order valence-electron chi connectivity index (χ2n) is 8.78. The Morgan fingerprint density at radius 1 is 0.972 bits per heavy atom. The summed E-state index contributed by atoms with van der Waals surface area (Å²) in [6.07, 6.45) is 0.864. The summed E-state index contributed by atoms with van der Waals surface area (Å²) in [5.41, 5.74) is 3.23. The highest BCUT2D eigenvalue weighted by molar-refractivity contribution is 7.22. The zero-order valence-electron chi connectivity index (χ0n) is 19.8. The lowest BCUT2D eigenvalue weighted by atomic mass is 10.1. The van der Waals surface area contributed by atoms with Gasteiger partial charge >= 0.3 is 0 Å². The lowest BCUT2D eigenvalue weighted by molar-refractivity contribution is 0.0376. The van der Waals surface area contributed by atoms with E-state index in [1.165, 1.54) is 0 Å². The van der Waals surface area contributed by atoms with E-state index in [2.05, 4.69) is 11.0 Å². The molecular formula is C28H26N4O2S2. The van der Waals surface area contributed by atoms with Gasteiger partial charge in [0, 0.05) is 31.6 Å². The first-order valence-corrected chi connectivity index (χ1v) is 13.9. The molecule has 6 rings (SSSR count). The topological polar surface area (TPSA) is 58.6 Å². The number of nitrogens with zero attached hydrogens (tertiary/aromatic N) is 4. The fourth-order valence-electron chi connectivity index (χ4n) is 4.59. The van der Waals surface area contributed by atoms with Crippen molar-refractivity contribution in [2.75, 3.05) is 44.3 Å². The van der Waals surface area contributed by atoms with Gasteiger partial charge in [-0.2, -0.15) is 0 Å². The van der Waals surface area contributed by atoms with Crippen molar-refractivity contribution >= 4 is 54.8 Å². The number of para-hydroxylation sites is 2. The quantitative estimate of drug-likeness (QED) is 0.269. The van der Waals surface area contributed by atoms with Crippen molar-refractivity contribution in [2.45, 2.75) is 6.42 Å². The summed E-state index contributed by atoms with van der Waals surface area (Å²) >= 11 is 3.20. The number of hydrogen-bond donors (Lipinski definition) is 0. The number of aromatic nitrogens is 2. The Hall–Kier alpha value is -3.17. The minimum atomic E-state index is -0.0348. The average molecular weight is 515 g/mol. The SMILES string of the molecule is O=C(c1cc(-c2cccs2)nc2ccccc12)N(CCCN1CCOCC1)c1nc2ccccc2s1. The van der Waals surface area contributed by atoms with Crippen LogP contribution in [0.2, 0.25) is 0 Å². The smallest absolute Gasteiger partial charge is 0.260 e. The van der Waals surface area contributed by atoms with Crippen LogP contribution in [0.25, 0.3) is 31.7 Å². The van der Waals surface area contributed by atoms with Crippen molar-refractivity contribution in [1.29, 1.82) is 0 Å². The zero-order valence-corrected chi connectivity index (χ0v) is 21.4. The molecule has 1 aliphatic heterocycles. The Balaban J connectivity index is 1.38. The predicted octanol–water partition coefficient (Wildman–Crippen LogP) is 5.94. The number of carbonyl (C=O) groups is 1. The predicted molar refractivity (Wildman–Crippen MR) is 148 cm³/mol. The number of carbonyl (C=O) groups excluding carboxylic acids is 1. The summed E-state index contributed by atoms with van der Waals surface area (Å²) < 4.78 is 6.57. The Labute approximate surface area is 217 Å². The molecule has 0 atom stereocenters. The minimum absolute atomic E-state index is 0.0348. The maximum Gasteiger partial charge on any atom is 0.260 e. The van der Waals surface area contributed by atoms with Crippen LogP contribution in [0.15, 0.2) is 72.1 Å². The van der Waals surface area contributed by atoms with Gasteiger partial charge in [0.2, 0.25) is 0 Å². The molecule has 1 aliphatic rings. The van der Waals surface area contributed by atoms with E-state index in [1.807, 2.05) is 70.9 Å². The molecule has 0 saturated carbocycles. The first-order valence-electron chi connectivity index (χ1n) is 12.2. The van der Waals surface area contributed by atoms with Gasteiger partial charge < -0.3 is 4.74 Å². The van der Waals surface area contributed by atoms with Crippen molar-refractivity contribution in [3.8, 4) is 10.6 Å². The molecule has 8 heteroatoms.